The number of carbonyl (C=O) groups excluding carboxylic acids is 1. The molecule has 1 amide bonds. The maximum atomic E-state index is 12.5. The third-order valence-electron chi connectivity index (χ3n) is 4.64. The smallest absolute Gasteiger partial charge is 0.238 e. The normalized spacial score (nSPS) is 25.0. The van der Waals surface area contributed by atoms with Crippen molar-refractivity contribution in [1.29, 1.82) is 0 Å². The number of carbonyl (C=O) groups is 1. The summed E-state index contributed by atoms with van der Waals surface area (Å²) in [7, 11) is 0. The minimum Gasteiger partial charge on any atom is -0.375 e. The zero-order valence-electron chi connectivity index (χ0n) is 13.3. The van der Waals surface area contributed by atoms with Crippen LogP contribution in [0.4, 0.5) is 5.69 Å². The van der Waals surface area contributed by atoms with Crippen molar-refractivity contribution < 1.29 is 9.53 Å². The summed E-state index contributed by atoms with van der Waals surface area (Å²) in [5.74, 6) is 0.0291. The molecule has 2 fully saturated rings. The minimum atomic E-state index is 0.0291. The van der Waals surface area contributed by atoms with E-state index in [1.807, 2.05) is 19.1 Å². The van der Waals surface area contributed by atoms with Crippen molar-refractivity contribution >= 4 is 43.5 Å². The van der Waals surface area contributed by atoms with Gasteiger partial charge >= 0.3 is 0 Å². The Bertz CT molecular complexity index is 569. The van der Waals surface area contributed by atoms with Gasteiger partial charge in [0, 0.05) is 21.5 Å². The van der Waals surface area contributed by atoms with Gasteiger partial charge in [0.1, 0.15) is 0 Å². The van der Waals surface area contributed by atoms with Gasteiger partial charge in [-0.15, -0.1) is 0 Å². The van der Waals surface area contributed by atoms with Crippen LogP contribution in [0.3, 0.4) is 0 Å². The first-order valence-electron chi connectivity index (χ1n) is 8.16. The molecule has 126 valence electrons. The lowest BCUT2D eigenvalue weighted by molar-refractivity contribution is -0.124. The molecule has 1 aliphatic carbocycles. The Balaban J connectivity index is 1.65. The lowest BCUT2D eigenvalue weighted by Crippen LogP contribution is -2.54. The molecule has 1 saturated heterocycles. The van der Waals surface area contributed by atoms with Crippen molar-refractivity contribution in [3.8, 4) is 0 Å². The molecule has 23 heavy (non-hydrogen) atoms. The lowest BCUT2D eigenvalue weighted by atomic mass is 9.90. The van der Waals surface area contributed by atoms with Crippen LogP contribution in [0.5, 0.6) is 0 Å². The van der Waals surface area contributed by atoms with E-state index in [-0.39, 0.29) is 5.91 Å². The van der Waals surface area contributed by atoms with E-state index in [2.05, 4.69) is 42.1 Å². The second kappa shape index (κ2) is 7.64. The van der Waals surface area contributed by atoms with Gasteiger partial charge in [0.25, 0.3) is 0 Å². The fraction of sp³-hybridized carbons (Fsp3) is 0.588. The minimum absolute atomic E-state index is 0.0291. The van der Waals surface area contributed by atoms with Gasteiger partial charge in [0.2, 0.25) is 5.91 Å². The lowest BCUT2D eigenvalue weighted by Gasteiger charge is -2.43. The summed E-state index contributed by atoms with van der Waals surface area (Å²) >= 11 is 7.06. The van der Waals surface area contributed by atoms with Crippen LogP contribution in [0.25, 0.3) is 0 Å². The molecule has 0 aromatic heterocycles. The largest absolute Gasteiger partial charge is 0.375 e. The maximum absolute atomic E-state index is 12.5. The van der Waals surface area contributed by atoms with E-state index in [1.165, 1.54) is 12.8 Å². The first-order valence-corrected chi connectivity index (χ1v) is 9.74. The number of benzene rings is 1. The molecule has 1 saturated carbocycles. The molecule has 0 radical (unpaired) electrons. The van der Waals surface area contributed by atoms with Crippen molar-refractivity contribution in [2.75, 3.05) is 25.0 Å². The fourth-order valence-corrected chi connectivity index (χ4v) is 5.17. The number of nitrogens with one attached hydrogen (secondary N) is 1. The number of aryl methyl sites for hydroxylation is 1. The topological polar surface area (TPSA) is 41.6 Å². The molecule has 1 N–H and O–H groups in total. The van der Waals surface area contributed by atoms with Crippen LogP contribution in [-0.4, -0.2) is 42.6 Å². The van der Waals surface area contributed by atoms with Crippen molar-refractivity contribution in [2.24, 2.45) is 0 Å². The van der Waals surface area contributed by atoms with Gasteiger partial charge in [-0.05, 0) is 69.3 Å². The molecule has 2 unspecified atom stereocenters. The maximum Gasteiger partial charge on any atom is 0.238 e. The molecule has 0 spiro atoms. The summed E-state index contributed by atoms with van der Waals surface area (Å²) in [5.41, 5.74) is 1.94. The first kappa shape index (κ1) is 17.4. The van der Waals surface area contributed by atoms with Gasteiger partial charge in [-0.3, -0.25) is 9.69 Å². The number of rotatable bonds is 3. The number of anilines is 1. The monoisotopic (exact) mass is 444 g/mol. The molecular weight excluding hydrogens is 424 g/mol. The molecule has 4 nitrogen and oxygen atoms in total. The quantitative estimate of drug-likeness (QED) is 0.761. The van der Waals surface area contributed by atoms with E-state index in [0.29, 0.717) is 18.7 Å². The Hall–Kier alpha value is -0.430. The van der Waals surface area contributed by atoms with Crippen molar-refractivity contribution in [3.63, 3.8) is 0 Å². The van der Waals surface area contributed by atoms with E-state index >= 15 is 0 Å². The van der Waals surface area contributed by atoms with Crippen LogP contribution >= 0.6 is 31.9 Å². The molecule has 2 aliphatic rings. The Morgan fingerprint density at radius 1 is 1.30 bits per heavy atom. The van der Waals surface area contributed by atoms with Gasteiger partial charge in [-0.2, -0.15) is 0 Å². The van der Waals surface area contributed by atoms with Crippen LogP contribution in [0, 0.1) is 6.92 Å². The second-order valence-electron chi connectivity index (χ2n) is 6.38. The summed E-state index contributed by atoms with van der Waals surface area (Å²) in [6, 6.07) is 4.41. The summed E-state index contributed by atoms with van der Waals surface area (Å²) in [5, 5.41) is 3.03. The SMILES string of the molecule is Cc1cc(Br)c(NC(=O)CN2CCOC3CCCCC32)c(Br)c1. The molecule has 1 aromatic carbocycles. The predicted octanol–water partition coefficient (Wildman–Crippen LogP) is 4.10. The van der Waals surface area contributed by atoms with Crippen LogP contribution in [0.1, 0.15) is 31.2 Å². The Morgan fingerprint density at radius 3 is 2.74 bits per heavy atom. The van der Waals surface area contributed by atoms with Crippen LogP contribution in [0.2, 0.25) is 0 Å². The summed E-state index contributed by atoms with van der Waals surface area (Å²) in [4.78, 5) is 14.8. The highest BCUT2D eigenvalue weighted by atomic mass is 79.9. The number of amides is 1. The zero-order chi connectivity index (χ0) is 16.4. The van der Waals surface area contributed by atoms with Crippen molar-refractivity contribution in [2.45, 2.75) is 44.8 Å². The van der Waals surface area contributed by atoms with Gasteiger partial charge in [-0.25, -0.2) is 0 Å². The van der Waals surface area contributed by atoms with Gasteiger partial charge < -0.3 is 10.1 Å². The number of halogens is 2. The van der Waals surface area contributed by atoms with E-state index in [0.717, 1.165) is 46.2 Å². The summed E-state index contributed by atoms with van der Waals surface area (Å²) in [6.07, 6.45) is 5.04. The Morgan fingerprint density at radius 2 is 2.00 bits per heavy atom. The number of ether oxygens (including phenoxy) is 1. The van der Waals surface area contributed by atoms with Gasteiger partial charge in [-0.1, -0.05) is 12.8 Å². The highest BCUT2D eigenvalue weighted by Crippen LogP contribution is 2.33. The number of morpholine rings is 1. The second-order valence-corrected chi connectivity index (χ2v) is 8.09. The number of fused-ring (bicyclic) bond motifs is 1. The van der Waals surface area contributed by atoms with Crippen LogP contribution < -0.4 is 5.32 Å². The van der Waals surface area contributed by atoms with E-state index in [4.69, 9.17) is 4.74 Å². The van der Waals surface area contributed by atoms with Crippen LogP contribution in [-0.2, 0) is 9.53 Å². The fourth-order valence-electron chi connectivity index (χ4n) is 3.56. The van der Waals surface area contributed by atoms with E-state index in [9.17, 15) is 4.79 Å². The van der Waals surface area contributed by atoms with Crippen LogP contribution in [0.15, 0.2) is 21.1 Å². The predicted molar refractivity (Wildman–Crippen MR) is 98.8 cm³/mol. The average molecular weight is 446 g/mol. The third kappa shape index (κ3) is 4.16. The summed E-state index contributed by atoms with van der Waals surface area (Å²) < 4.78 is 7.67. The molecule has 1 aromatic rings. The summed E-state index contributed by atoms with van der Waals surface area (Å²) in [6.45, 7) is 4.02. The molecule has 6 heteroatoms. The zero-order valence-corrected chi connectivity index (χ0v) is 16.5. The highest BCUT2D eigenvalue weighted by molar-refractivity contribution is 9.11. The average Bonchev–Trinajstić information content (AvgIpc) is 2.51. The standard InChI is InChI=1S/C17H22Br2N2O2/c1-11-8-12(18)17(13(19)9-11)20-16(22)10-21-6-7-23-15-5-3-2-4-14(15)21/h8-9,14-15H,2-7,10H2,1H3,(H,20,22). The Labute approximate surface area is 154 Å². The number of hydrogen-bond donors (Lipinski definition) is 1. The number of nitrogens with zero attached hydrogens (tertiary/aromatic N) is 1. The highest BCUT2D eigenvalue weighted by Gasteiger charge is 2.34. The first-order chi connectivity index (χ1) is 11.0. The Kier molecular flexibility index (Phi) is 5.78. The number of hydrogen-bond acceptors (Lipinski definition) is 3. The van der Waals surface area contributed by atoms with Gasteiger partial charge in [0.15, 0.2) is 0 Å². The molecule has 0 bridgehead atoms. The third-order valence-corrected chi connectivity index (χ3v) is 5.90. The molecule has 2 atom stereocenters. The molecule has 1 heterocycles. The molecule has 1 aliphatic heterocycles. The van der Waals surface area contributed by atoms with E-state index < -0.39 is 0 Å². The van der Waals surface area contributed by atoms with Crippen molar-refractivity contribution in [1.82, 2.24) is 4.90 Å². The van der Waals surface area contributed by atoms with E-state index in [1.54, 1.807) is 0 Å². The van der Waals surface area contributed by atoms with Crippen molar-refractivity contribution in [3.05, 3.63) is 26.6 Å². The molecule has 3 rings (SSSR count). The molecular formula is C17H22Br2N2O2. The van der Waals surface area contributed by atoms with Gasteiger partial charge in [0.05, 0.1) is 24.9 Å².